The summed E-state index contributed by atoms with van der Waals surface area (Å²) in [6, 6.07) is 14.4. The standard InChI is InChI=1S/C14H13ClFNO/c15-13-8-12(6-7-14(13)16)9-17-18-10-11-4-2-1-3-5-11/h1-8,17H,9-10H2. The third-order valence-electron chi connectivity index (χ3n) is 2.44. The van der Waals surface area contributed by atoms with Gasteiger partial charge in [0.05, 0.1) is 11.6 Å². The lowest BCUT2D eigenvalue weighted by molar-refractivity contribution is 0.0235. The van der Waals surface area contributed by atoms with E-state index in [2.05, 4.69) is 5.48 Å². The highest BCUT2D eigenvalue weighted by atomic mass is 35.5. The third-order valence-corrected chi connectivity index (χ3v) is 2.73. The molecule has 0 heterocycles. The molecule has 1 N–H and O–H groups in total. The first-order valence-electron chi connectivity index (χ1n) is 5.58. The number of hydrogen-bond donors (Lipinski definition) is 1. The maximum atomic E-state index is 12.9. The Labute approximate surface area is 110 Å². The van der Waals surface area contributed by atoms with Crippen LogP contribution in [0.4, 0.5) is 4.39 Å². The molecule has 4 heteroatoms. The van der Waals surface area contributed by atoms with E-state index in [1.165, 1.54) is 6.07 Å². The minimum Gasteiger partial charge on any atom is -0.297 e. The molecular formula is C14H13ClFNO. The molecule has 0 bridgehead atoms. The van der Waals surface area contributed by atoms with Gasteiger partial charge in [0.1, 0.15) is 5.82 Å². The summed E-state index contributed by atoms with van der Waals surface area (Å²) in [4.78, 5) is 5.31. The van der Waals surface area contributed by atoms with Crippen molar-refractivity contribution in [3.8, 4) is 0 Å². The van der Waals surface area contributed by atoms with Gasteiger partial charge in [-0.15, -0.1) is 0 Å². The monoisotopic (exact) mass is 265 g/mol. The zero-order valence-electron chi connectivity index (χ0n) is 9.70. The van der Waals surface area contributed by atoms with Crippen molar-refractivity contribution in [2.45, 2.75) is 13.2 Å². The van der Waals surface area contributed by atoms with Crippen LogP contribution in [0.25, 0.3) is 0 Å². The van der Waals surface area contributed by atoms with E-state index in [-0.39, 0.29) is 5.02 Å². The first kappa shape index (κ1) is 13.0. The van der Waals surface area contributed by atoms with Gasteiger partial charge in [-0.25, -0.2) is 4.39 Å². The largest absolute Gasteiger partial charge is 0.297 e. The van der Waals surface area contributed by atoms with Crippen LogP contribution in [0.15, 0.2) is 48.5 Å². The molecule has 0 atom stereocenters. The van der Waals surface area contributed by atoms with E-state index in [0.29, 0.717) is 13.2 Å². The van der Waals surface area contributed by atoms with Crippen LogP contribution in [0.5, 0.6) is 0 Å². The highest BCUT2D eigenvalue weighted by molar-refractivity contribution is 6.30. The molecule has 0 radical (unpaired) electrons. The molecule has 0 saturated carbocycles. The van der Waals surface area contributed by atoms with Crippen LogP contribution in [0.3, 0.4) is 0 Å². The zero-order valence-corrected chi connectivity index (χ0v) is 10.5. The van der Waals surface area contributed by atoms with Gasteiger partial charge >= 0.3 is 0 Å². The molecule has 0 unspecified atom stereocenters. The minimum atomic E-state index is -0.411. The van der Waals surface area contributed by atoms with E-state index in [1.54, 1.807) is 12.1 Å². The van der Waals surface area contributed by atoms with Crippen molar-refractivity contribution in [3.05, 3.63) is 70.5 Å². The highest BCUT2D eigenvalue weighted by Crippen LogP contribution is 2.15. The fraction of sp³-hybridized carbons (Fsp3) is 0.143. The molecular weight excluding hydrogens is 253 g/mol. The van der Waals surface area contributed by atoms with Gasteiger partial charge < -0.3 is 0 Å². The fourth-order valence-corrected chi connectivity index (χ4v) is 1.70. The van der Waals surface area contributed by atoms with Gasteiger partial charge in [0.25, 0.3) is 0 Å². The van der Waals surface area contributed by atoms with E-state index >= 15 is 0 Å². The first-order chi connectivity index (χ1) is 8.75. The Hall–Kier alpha value is -1.42. The summed E-state index contributed by atoms with van der Waals surface area (Å²) in [6.07, 6.45) is 0. The smallest absolute Gasteiger partial charge is 0.141 e. The first-order valence-corrected chi connectivity index (χ1v) is 5.96. The Balaban J connectivity index is 1.77. The Bertz CT molecular complexity index is 504. The van der Waals surface area contributed by atoms with Crippen LogP contribution >= 0.6 is 11.6 Å². The molecule has 0 aromatic heterocycles. The summed E-state index contributed by atoms with van der Waals surface area (Å²) in [5.74, 6) is -0.411. The van der Waals surface area contributed by atoms with Gasteiger partial charge in [-0.2, -0.15) is 5.48 Å². The van der Waals surface area contributed by atoms with E-state index in [4.69, 9.17) is 16.4 Å². The number of halogens is 2. The summed E-state index contributed by atoms with van der Waals surface area (Å²) in [6.45, 7) is 0.961. The lowest BCUT2D eigenvalue weighted by atomic mass is 10.2. The second-order valence-electron chi connectivity index (χ2n) is 3.84. The van der Waals surface area contributed by atoms with Crippen LogP contribution in [0.2, 0.25) is 5.02 Å². The van der Waals surface area contributed by atoms with Crippen LogP contribution < -0.4 is 5.48 Å². The molecule has 2 nitrogen and oxygen atoms in total. The number of rotatable bonds is 5. The van der Waals surface area contributed by atoms with Crippen molar-refractivity contribution in [1.82, 2.24) is 5.48 Å². The topological polar surface area (TPSA) is 21.3 Å². The maximum Gasteiger partial charge on any atom is 0.141 e. The molecule has 0 fully saturated rings. The molecule has 0 aliphatic heterocycles. The number of benzene rings is 2. The Morgan fingerprint density at radius 3 is 2.56 bits per heavy atom. The molecule has 0 aliphatic carbocycles. The number of hydroxylamine groups is 1. The van der Waals surface area contributed by atoms with Crippen LogP contribution in [-0.4, -0.2) is 0 Å². The summed E-state index contributed by atoms with van der Waals surface area (Å²) < 4.78 is 12.9. The van der Waals surface area contributed by atoms with Crippen molar-refractivity contribution in [1.29, 1.82) is 0 Å². The summed E-state index contributed by atoms with van der Waals surface area (Å²) in [5.41, 5.74) is 4.77. The van der Waals surface area contributed by atoms with Crippen molar-refractivity contribution < 1.29 is 9.23 Å². The van der Waals surface area contributed by atoms with Crippen LogP contribution in [0.1, 0.15) is 11.1 Å². The average molecular weight is 266 g/mol. The highest BCUT2D eigenvalue weighted by Gasteiger charge is 2.00. The zero-order chi connectivity index (χ0) is 12.8. The summed E-state index contributed by atoms with van der Waals surface area (Å²) in [5, 5.41) is 0.123. The predicted molar refractivity (Wildman–Crippen MR) is 69.5 cm³/mol. The van der Waals surface area contributed by atoms with Gasteiger partial charge in [-0.05, 0) is 23.3 Å². The van der Waals surface area contributed by atoms with E-state index in [9.17, 15) is 4.39 Å². The fourth-order valence-electron chi connectivity index (χ4n) is 1.49. The number of hydrogen-bond acceptors (Lipinski definition) is 2. The normalized spacial score (nSPS) is 10.6. The van der Waals surface area contributed by atoms with Crippen LogP contribution in [0, 0.1) is 5.82 Å². The second kappa shape index (κ2) is 6.50. The average Bonchev–Trinajstić information content (AvgIpc) is 2.40. The molecule has 0 amide bonds. The minimum absolute atomic E-state index is 0.123. The van der Waals surface area contributed by atoms with Crippen molar-refractivity contribution in [2.75, 3.05) is 0 Å². The SMILES string of the molecule is Fc1ccc(CNOCc2ccccc2)cc1Cl. The lowest BCUT2D eigenvalue weighted by Crippen LogP contribution is -2.13. The lowest BCUT2D eigenvalue weighted by Gasteiger charge is -2.06. The van der Waals surface area contributed by atoms with Crippen molar-refractivity contribution in [3.63, 3.8) is 0 Å². The van der Waals surface area contributed by atoms with E-state index in [1.807, 2.05) is 30.3 Å². The van der Waals surface area contributed by atoms with Gasteiger partial charge in [0, 0.05) is 6.54 Å². The van der Waals surface area contributed by atoms with Crippen molar-refractivity contribution in [2.24, 2.45) is 0 Å². The predicted octanol–water partition coefficient (Wildman–Crippen LogP) is 3.70. The van der Waals surface area contributed by atoms with Crippen molar-refractivity contribution >= 4 is 11.6 Å². The summed E-state index contributed by atoms with van der Waals surface area (Å²) in [7, 11) is 0. The van der Waals surface area contributed by atoms with Gasteiger partial charge in [-0.3, -0.25) is 4.84 Å². The van der Waals surface area contributed by atoms with E-state index < -0.39 is 5.82 Å². The summed E-state index contributed by atoms with van der Waals surface area (Å²) >= 11 is 5.68. The quantitative estimate of drug-likeness (QED) is 0.657. The Kier molecular flexibility index (Phi) is 4.70. The second-order valence-corrected chi connectivity index (χ2v) is 4.25. The van der Waals surface area contributed by atoms with Gasteiger partial charge in [0.2, 0.25) is 0 Å². The molecule has 0 aliphatic rings. The molecule has 18 heavy (non-hydrogen) atoms. The number of nitrogens with one attached hydrogen (secondary N) is 1. The van der Waals surface area contributed by atoms with E-state index in [0.717, 1.165) is 11.1 Å². The maximum absolute atomic E-state index is 12.9. The Morgan fingerprint density at radius 1 is 1.06 bits per heavy atom. The third kappa shape index (κ3) is 3.81. The Morgan fingerprint density at radius 2 is 1.83 bits per heavy atom. The van der Waals surface area contributed by atoms with Gasteiger partial charge in [-0.1, -0.05) is 48.0 Å². The molecule has 2 aromatic carbocycles. The molecule has 2 aromatic rings. The van der Waals surface area contributed by atoms with Gasteiger partial charge in [0.15, 0.2) is 0 Å². The molecule has 94 valence electrons. The molecule has 2 rings (SSSR count). The molecule has 0 spiro atoms. The van der Waals surface area contributed by atoms with Crippen LogP contribution in [-0.2, 0) is 18.0 Å². The molecule has 0 saturated heterocycles.